The van der Waals surface area contributed by atoms with E-state index in [0.29, 0.717) is 21.4 Å². The molecule has 2 amide bonds. The summed E-state index contributed by atoms with van der Waals surface area (Å²) in [7, 11) is 0. The molecule has 0 aliphatic carbocycles. The van der Waals surface area contributed by atoms with Crippen molar-refractivity contribution in [2.45, 2.75) is 37.2 Å². The number of thioether (sulfide) groups is 2. The molecule has 0 radical (unpaired) electrons. The second-order valence-electron chi connectivity index (χ2n) is 7.85. The van der Waals surface area contributed by atoms with Crippen molar-refractivity contribution in [3.05, 3.63) is 69.6 Å². The van der Waals surface area contributed by atoms with Crippen molar-refractivity contribution in [1.82, 2.24) is 9.55 Å². The van der Waals surface area contributed by atoms with Gasteiger partial charge in [-0.3, -0.25) is 19.0 Å². The summed E-state index contributed by atoms with van der Waals surface area (Å²) in [6, 6.07) is 12.9. The van der Waals surface area contributed by atoms with E-state index in [9.17, 15) is 14.4 Å². The van der Waals surface area contributed by atoms with E-state index in [1.165, 1.54) is 30.4 Å². The van der Waals surface area contributed by atoms with Crippen molar-refractivity contribution >= 4 is 46.7 Å². The molecule has 170 valence electrons. The third-order valence-electron chi connectivity index (χ3n) is 4.93. The molecular weight excluding hydrogens is 456 g/mol. The molecule has 0 bridgehead atoms. The zero-order valence-corrected chi connectivity index (χ0v) is 20.2. The second kappa shape index (κ2) is 9.84. The summed E-state index contributed by atoms with van der Waals surface area (Å²) in [5, 5.41) is 6.04. The Morgan fingerprint density at radius 3 is 2.48 bits per heavy atom. The lowest BCUT2D eigenvalue weighted by atomic mass is 10.1. The van der Waals surface area contributed by atoms with Crippen LogP contribution in [0.2, 0.25) is 0 Å². The lowest BCUT2D eigenvalue weighted by Crippen LogP contribution is -2.25. The van der Waals surface area contributed by atoms with Crippen LogP contribution in [0.1, 0.15) is 23.7 Å². The number of nitrogens with one attached hydrogen (secondary N) is 2. The van der Waals surface area contributed by atoms with Crippen LogP contribution in [0, 0.1) is 13.8 Å². The Bertz CT molecular complexity index is 1280. The molecule has 33 heavy (non-hydrogen) atoms. The number of carbonyl (C=O) groups is 2. The number of carbonyl (C=O) groups excluding carboxylic acids is 2. The molecule has 2 heterocycles. The van der Waals surface area contributed by atoms with Crippen LogP contribution in [-0.2, 0) is 16.0 Å². The molecule has 0 fully saturated rings. The summed E-state index contributed by atoms with van der Waals surface area (Å²) in [6.07, 6.45) is 0.749. The highest BCUT2D eigenvalue weighted by Gasteiger charge is 2.23. The molecule has 1 aliphatic rings. The first kappa shape index (κ1) is 23.1. The normalized spacial score (nSPS) is 12.3. The van der Waals surface area contributed by atoms with Crippen molar-refractivity contribution in [2.24, 2.45) is 0 Å². The highest BCUT2D eigenvalue weighted by atomic mass is 32.2. The van der Waals surface area contributed by atoms with Crippen LogP contribution in [-0.4, -0.2) is 32.9 Å². The number of nitrogens with zero attached hydrogens (tertiary/aromatic N) is 2. The number of aromatic nitrogens is 2. The van der Waals surface area contributed by atoms with Gasteiger partial charge in [0.2, 0.25) is 11.8 Å². The van der Waals surface area contributed by atoms with Crippen LogP contribution in [0.3, 0.4) is 0 Å². The van der Waals surface area contributed by atoms with E-state index < -0.39 is 0 Å². The third-order valence-corrected chi connectivity index (χ3v) is 6.98. The molecule has 0 spiro atoms. The van der Waals surface area contributed by atoms with E-state index >= 15 is 0 Å². The fourth-order valence-electron chi connectivity index (χ4n) is 3.70. The number of fused-ring (bicyclic) bond motifs is 1. The summed E-state index contributed by atoms with van der Waals surface area (Å²) in [5.74, 6) is 0.521. The van der Waals surface area contributed by atoms with Crippen LogP contribution >= 0.6 is 23.5 Å². The van der Waals surface area contributed by atoms with Gasteiger partial charge in [0.1, 0.15) is 0 Å². The van der Waals surface area contributed by atoms with E-state index in [0.717, 1.165) is 34.7 Å². The topological polar surface area (TPSA) is 93.1 Å². The number of aryl methyl sites for hydroxylation is 3. The Morgan fingerprint density at radius 1 is 1.09 bits per heavy atom. The zero-order valence-electron chi connectivity index (χ0n) is 18.6. The molecule has 1 aliphatic heterocycles. The number of hydrogen-bond acceptors (Lipinski definition) is 6. The standard InChI is InChI=1S/C24H24N4O3S2/c1-14-9-15(2)11-19(10-14)28-23(31)22-20(7-8-32-22)27-24(28)33-13-21(30)26-18-6-4-5-17(12-18)25-16(3)29/h4-6,9-12H,7-8,13H2,1-3H3,(H,25,29)(H,26,30). The predicted octanol–water partition coefficient (Wildman–Crippen LogP) is 4.19. The Kier molecular flexibility index (Phi) is 6.90. The lowest BCUT2D eigenvalue weighted by molar-refractivity contribution is -0.114. The molecule has 4 rings (SSSR count). The summed E-state index contributed by atoms with van der Waals surface area (Å²) < 4.78 is 1.62. The number of anilines is 2. The van der Waals surface area contributed by atoms with Gasteiger partial charge in [0.25, 0.3) is 5.56 Å². The summed E-state index contributed by atoms with van der Waals surface area (Å²) in [6.45, 7) is 5.41. The van der Waals surface area contributed by atoms with Crippen molar-refractivity contribution in [2.75, 3.05) is 22.1 Å². The largest absolute Gasteiger partial charge is 0.326 e. The monoisotopic (exact) mass is 480 g/mol. The lowest BCUT2D eigenvalue weighted by Gasteiger charge is -2.15. The molecule has 2 aromatic carbocycles. The van der Waals surface area contributed by atoms with Gasteiger partial charge in [-0.15, -0.1) is 11.8 Å². The van der Waals surface area contributed by atoms with Gasteiger partial charge in [-0.1, -0.05) is 23.9 Å². The predicted molar refractivity (Wildman–Crippen MR) is 134 cm³/mol. The van der Waals surface area contributed by atoms with E-state index in [-0.39, 0.29) is 23.1 Å². The molecule has 3 aromatic rings. The van der Waals surface area contributed by atoms with Crippen LogP contribution in [0.25, 0.3) is 5.69 Å². The number of hydrogen-bond donors (Lipinski definition) is 2. The molecule has 1 aromatic heterocycles. The minimum absolute atomic E-state index is 0.0848. The Morgan fingerprint density at radius 2 is 1.79 bits per heavy atom. The van der Waals surface area contributed by atoms with Crippen molar-refractivity contribution < 1.29 is 9.59 Å². The summed E-state index contributed by atoms with van der Waals surface area (Å²) in [4.78, 5) is 42.7. The van der Waals surface area contributed by atoms with Gasteiger partial charge < -0.3 is 10.6 Å². The summed E-state index contributed by atoms with van der Waals surface area (Å²) >= 11 is 2.77. The number of amides is 2. The Labute approximate surface area is 200 Å². The molecular formula is C24H24N4O3S2. The van der Waals surface area contributed by atoms with Crippen LogP contribution < -0.4 is 16.2 Å². The highest BCUT2D eigenvalue weighted by Crippen LogP contribution is 2.30. The SMILES string of the molecule is CC(=O)Nc1cccc(NC(=O)CSc2nc3c(c(=O)n2-c2cc(C)cc(C)c2)SCC3)c1. The van der Waals surface area contributed by atoms with E-state index in [2.05, 4.69) is 16.7 Å². The van der Waals surface area contributed by atoms with Crippen molar-refractivity contribution in [3.63, 3.8) is 0 Å². The maximum Gasteiger partial charge on any atom is 0.272 e. The summed E-state index contributed by atoms with van der Waals surface area (Å²) in [5.41, 5.74) is 4.77. The Hall–Kier alpha value is -3.04. The molecule has 7 nitrogen and oxygen atoms in total. The maximum absolute atomic E-state index is 13.3. The number of rotatable bonds is 6. The van der Waals surface area contributed by atoms with Gasteiger partial charge in [-0.25, -0.2) is 4.98 Å². The van der Waals surface area contributed by atoms with Crippen molar-refractivity contribution in [3.8, 4) is 5.69 Å². The van der Waals surface area contributed by atoms with E-state index in [4.69, 9.17) is 4.98 Å². The van der Waals surface area contributed by atoms with E-state index in [1.807, 2.05) is 26.0 Å². The minimum Gasteiger partial charge on any atom is -0.326 e. The highest BCUT2D eigenvalue weighted by molar-refractivity contribution is 8.00. The van der Waals surface area contributed by atoms with Crippen LogP contribution in [0.15, 0.2) is 57.3 Å². The average molecular weight is 481 g/mol. The molecule has 0 saturated heterocycles. The first-order valence-corrected chi connectivity index (χ1v) is 12.4. The van der Waals surface area contributed by atoms with Gasteiger partial charge in [-0.05, 0) is 55.3 Å². The Balaban J connectivity index is 1.58. The van der Waals surface area contributed by atoms with Crippen LogP contribution in [0.4, 0.5) is 11.4 Å². The van der Waals surface area contributed by atoms with Gasteiger partial charge >= 0.3 is 0 Å². The van der Waals surface area contributed by atoms with E-state index in [1.54, 1.807) is 28.8 Å². The fourth-order valence-corrected chi connectivity index (χ4v) is 5.55. The van der Waals surface area contributed by atoms with Gasteiger partial charge in [-0.2, -0.15) is 0 Å². The minimum atomic E-state index is -0.226. The number of benzene rings is 2. The molecule has 0 saturated carbocycles. The maximum atomic E-state index is 13.3. The molecule has 0 unspecified atom stereocenters. The third kappa shape index (κ3) is 5.48. The fraction of sp³-hybridized carbons (Fsp3) is 0.250. The average Bonchev–Trinajstić information content (AvgIpc) is 3.20. The van der Waals surface area contributed by atoms with Crippen molar-refractivity contribution in [1.29, 1.82) is 0 Å². The second-order valence-corrected chi connectivity index (χ2v) is 9.90. The quantitative estimate of drug-likeness (QED) is 0.406. The molecule has 2 N–H and O–H groups in total. The first-order chi connectivity index (χ1) is 15.8. The van der Waals surface area contributed by atoms with Gasteiger partial charge in [0.05, 0.1) is 22.0 Å². The smallest absolute Gasteiger partial charge is 0.272 e. The van der Waals surface area contributed by atoms with Gasteiger partial charge in [0, 0.05) is 30.5 Å². The van der Waals surface area contributed by atoms with Gasteiger partial charge in [0.15, 0.2) is 5.16 Å². The molecule has 9 heteroatoms. The van der Waals surface area contributed by atoms with Crippen LogP contribution in [0.5, 0.6) is 0 Å². The zero-order chi connectivity index (χ0) is 23.5. The molecule has 0 atom stereocenters. The first-order valence-electron chi connectivity index (χ1n) is 10.5.